The Hall–Kier alpha value is -1.06. The first-order chi connectivity index (χ1) is 7.85. The molecule has 3 nitrogen and oxygen atoms in total. The van der Waals surface area contributed by atoms with E-state index in [0.717, 1.165) is 18.6 Å². The van der Waals surface area contributed by atoms with E-state index in [1.54, 1.807) is 0 Å². The summed E-state index contributed by atoms with van der Waals surface area (Å²) in [5.74, 6) is 0.335. The van der Waals surface area contributed by atoms with Crippen LogP contribution in [-0.4, -0.2) is 25.6 Å². The Morgan fingerprint density at radius 2 is 1.88 bits per heavy atom. The van der Waals surface area contributed by atoms with Crippen molar-refractivity contribution in [3.63, 3.8) is 0 Å². The highest BCUT2D eigenvalue weighted by atomic mass is 16.8. The van der Waals surface area contributed by atoms with Gasteiger partial charge in [0.2, 0.25) is 5.79 Å². The molecule has 1 aliphatic heterocycles. The molecule has 1 aromatic rings. The van der Waals surface area contributed by atoms with Gasteiger partial charge < -0.3 is 14.2 Å². The van der Waals surface area contributed by atoms with Crippen LogP contribution in [0.5, 0.6) is 5.75 Å². The molecular weight excluding hydrogens is 204 g/mol. The predicted octanol–water partition coefficient (Wildman–Crippen LogP) is 2.61. The van der Waals surface area contributed by atoms with Crippen LogP contribution < -0.4 is 4.74 Å². The summed E-state index contributed by atoms with van der Waals surface area (Å²) in [6.07, 6.45) is 1.90. The van der Waals surface area contributed by atoms with E-state index in [9.17, 15) is 0 Å². The SMILES string of the molecule is CCCC1(COc2ccccc2)OCCO1. The summed E-state index contributed by atoms with van der Waals surface area (Å²) in [5.41, 5.74) is 0. The molecular formula is C13H18O3. The molecule has 0 aliphatic carbocycles. The van der Waals surface area contributed by atoms with Crippen molar-refractivity contribution in [2.24, 2.45) is 0 Å². The van der Waals surface area contributed by atoms with Gasteiger partial charge in [-0.05, 0) is 12.1 Å². The molecule has 88 valence electrons. The average molecular weight is 222 g/mol. The Morgan fingerprint density at radius 1 is 1.19 bits per heavy atom. The minimum atomic E-state index is -0.523. The lowest BCUT2D eigenvalue weighted by atomic mass is 10.1. The fourth-order valence-electron chi connectivity index (χ4n) is 1.89. The van der Waals surface area contributed by atoms with E-state index in [0.29, 0.717) is 19.8 Å². The normalized spacial score (nSPS) is 18.6. The molecule has 1 aliphatic rings. The van der Waals surface area contributed by atoms with Crippen LogP contribution >= 0.6 is 0 Å². The highest BCUT2D eigenvalue weighted by Crippen LogP contribution is 2.26. The topological polar surface area (TPSA) is 27.7 Å². The van der Waals surface area contributed by atoms with Gasteiger partial charge in [-0.15, -0.1) is 0 Å². The van der Waals surface area contributed by atoms with E-state index in [1.165, 1.54) is 0 Å². The number of para-hydroxylation sites is 1. The zero-order valence-corrected chi connectivity index (χ0v) is 9.65. The number of rotatable bonds is 5. The molecule has 3 heteroatoms. The lowest BCUT2D eigenvalue weighted by Crippen LogP contribution is -2.37. The van der Waals surface area contributed by atoms with E-state index >= 15 is 0 Å². The van der Waals surface area contributed by atoms with Gasteiger partial charge in [0, 0.05) is 6.42 Å². The standard InChI is InChI=1S/C13H18O3/c1-2-8-13(15-9-10-16-13)11-14-12-6-4-3-5-7-12/h3-7H,2,8-11H2,1H3. The van der Waals surface area contributed by atoms with E-state index in [4.69, 9.17) is 14.2 Å². The smallest absolute Gasteiger partial charge is 0.203 e. The minimum Gasteiger partial charge on any atom is -0.488 e. The van der Waals surface area contributed by atoms with E-state index < -0.39 is 5.79 Å². The molecule has 1 fully saturated rings. The Kier molecular flexibility index (Phi) is 3.80. The number of ether oxygens (including phenoxy) is 3. The van der Waals surface area contributed by atoms with Crippen LogP contribution in [0.25, 0.3) is 0 Å². The zero-order chi connectivity index (χ0) is 11.3. The number of benzene rings is 1. The van der Waals surface area contributed by atoms with E-state index in [-0.39, 0.29) is 0 Å². The third kappa shape index (κ3) is 2.74. The van der Waals surface area contributed by atoms with Gasteiger partial charge in [-0.1, -0.05) is 31.5 Å². The second-order valence-electron chi connectivity index (χ2n) is 3.96. The van der Waals surface area contributed by atoms with Gasteiger partial charge in [-0.25, -0.2) is 0 Å². The van der Waals surface area contributed by atoms with Crippen LogP contribution in [0.4, 0.5) is 0 Å². The van der Waals surface area contributed by atoms with Gasteiger partial charge >= 0.3 is 0 Å². The molecule has 0 spiro atoms. The maximum absolute atomic E-state index is 5.70. The molecule has 0 N–H and O–H groups in total. The van der Waals surface area contributed by atoms with E-state index in [2.05, 4.69) is 6.92 Å². The summed E-state index contributed by atoms with van der Waals surface area (Å²) in [4.78, 5) is 0. The second kappa shape index (κ2) is 5.32. The highest BCUT2D eigenvalue weighted by molar-refractivity contribution is 5.21. The first-order valence-corrected chi connectivity index (χ1v) is 5.80. The van der Waals surface area contributed by atoms with Crippen molar-refractivity contribution in [1.29, 1.82) is 0 Å². The van der Waals surface area contributed by atoms with Gasteiger partial charge in [0.25, 0.3) is 0 Å². The summed E-state index contributed by atoms with van der Waals surface area (Å²) in [6.45, 7) is 3.91. The van der Waals surface area contributed by atoms with Crippen LogP contribution in [0.3, 0.4) is 0 Å². The van der Waals surface area contributed by atoms with Crippen molar-refractivity contribution in [2.75, 3.05) is 19.8 Å². The lowest BCUT2D eigenvalue weighted by molar-refractivity contribution is -0.181. The third-order valence-corrected chi connectivity index (χ3v) is 2.65. The molecule has 0 atom stereocenters. The van der Waals surface area contributed by atoms with Crippen molar-refractivity contribution in [2.45, 2.75) is 25.6 Å². The van der Waals surface area contributed by atoms with Gasteiger partial charge in [0.15, 0.2) is 0 Å². The summed E-state index contributed by atoms with van der Waals surface area (Å²) in [5, 5.41) is 0. The molecule has 0 saturated carbocycles. The van der Waals surface area contributed by atoms with Crippen LogP contribution in [-0.2, 0) is 9.47 Å². The third-order valence-electron chi connectivity index (χ3n) is 2.65. The quantitative estimate of drug-likeness (QED) is 0.766. The highest BCUT2D eigenvalue weighted by Gasteiger charge is 2.36. The Bertz CT molecular complexity index is 304. The summed E-state index contributed by atoms with van der Waals surface area (Å²) in [7, 11) is 0. The maximum atomic E-state index is 5.70. The molecule has 1 saturated heterocycles. The van der Waals surface area contributed by atoms with Crippen molar-refractivity contribution in [1.82, 2.24) is 0 Å². The Balaban J connectivity index is 1.92. The van der Waals surface area contributed by atoms with Gasteiger partial charge in [0.05, 0.1) is 13.2 Å². The zero-order valence-electron chi connectivity index (χ0n) is 9.65. The summed E-state index contributed by atoms with van der Waals surface area (Å²) in [6, 6.07) is 9.76. The molecule has 16 heavy (non-hydrogen) atoms. The first kappa shape index (κ1) is 11.4. The molecule has 0 radical (unpaired) electrons. The molecule has 2 rings (SSSR count). The van der Waals surface area contributed by atoms with Crippen molar-refractivity contribution >= 4 is 0 Å². The van der Waals surface area contributed by atoms with E-state index in [1.807, 2.05) is 30.3 Å². The minimum absolute atomic E-state index is 0.463. The fraction of sp³-hybridized carbons (Fsp3) is 0.538. The maximum Gasteiger partial charge on any atom is 0.203 e. The van der Waals surface area contributed by atoms with Crippen LogP contribution in [0.1, 0.15) is 19.8 Å². The molecule has 0 amide bonds. The van der Waals surface area contributed by atoms with Crippen LogP contribution in [0, 0.1) is 0 Å². The number of hydrogen-bond donors (Lipinski definition) is 0. The van der Waals surface area contributed by atoms with Crippen molar-refractivity contribution in [3.05, 3.63) is 30.3 Å². The first-order valence-electron chi connectivity index (χ1n) is 5.80. The lowest BCUT2D eigenvalue weighted by Gasteiger charge is -2.26. The largest absolute Gasteiger partial charge is 0.488 e. The Labute approximate surface area is 96.3 Å². The monoisotopic (exact) mass is 222 g/mol. The molecule has 0 unspecified atom stereocenters. The molecule has 0 bridgehead atoms. The van der Waals surface area contributed by atoms with Crippen molar-refractivity contribution in [3.8, 4) is 5.75 Å². The molecule has 1 aromatic carbocycles. The fourth-order valence-corrected chi connectivity index (χ4v) is 1.89. The average Bonchev–Trinajstić information content (AvgIpc) is 2.78. The van der Waals surface area contributed by atoms with Crippen molar-refractivity contribution < 1.29 is 14.2 Å². The van der Waals surface area contributed by atoms with Crippen LogP contribution in [0.15, 0.2) is 30.3 Å². The molecule has 0 aromatic heterocycles. The number of hydrogen-bond acceptors (Lipinski definition) is 3. The van der Waals surface area contributed by atoms with Gasteiger partial charge in [-0.3, -0.25) is 0 Å². The summed E-state index contributed by atoms with van der Waals surface area (Å²) < 4.78 is 17.0. The van der Waals surface area contributed by atoms with Gasteiger partial charge in [0.1, 0.15) is 12.4 Å². The van der Waals surface area contributed by atoms with Gasteiger partial charge in [-0.2, -0.15) is 0 Å². The Morgan fingerprint density at radius 3 is 2.50 bits per heavy atom. The second-order valence-corrected chi connectivity index (χ2v) is 3.96. The predicted molar refractivity (Wildman–Crippen MR) is 61.5 cm³/mol. The molecule has 1 heterocycles. The summed E-state index contributed by atoms with van der Waals surface area (Å²) >= 11 is 0. The van der Waals surface area contributed by atoms with Crippen LogP contribution in [0.2, 0.25) is 0 Å².